The highest BCUT2D eigenvalue weighted by molar-refractivity contribution is 4.89. The van der Waals surface area contributed by atoms with Gasteiger partial charge < -0.3 is 10.1 Å². The molecule has 13 heavy (non-hydrogen) atoms. The van der Waals surface area contributed by atoms with E-state index in [9.17, 15) is 13.2 Å². The average molecular weight is 199 g/mol. The number of hydrogen-bond acceptors (Lipinski definition) is 3. The first-order valence-electron chi connectivity index (χ1n) is 3.97. The molecule has 0 aromatic heterocycles. The number of ether oxygens (including phenoxy) is 2. The summed E-state index contributed by atoms with van der Waals surface area (Å²) in [7, 11) is 0. The summed E-state index contributed by atoms with van der Waals surface area (Å²) in [4.78, 5) is 0. The molecular weight excluding hydrogens is 187 g/mol. The fourth-order valence-electron chi connectivity index (χ4n) is 1.02. The average Bonchev–Trinajstić information content (AvgIpc) is 1.93. The number of alkyl halides is 3. The van der Waals surface area contributed by atoms with Gasteiger partial charge in [-0.1, -0.05) is 0 Å². The van der Waals surface area contributed by atoms with Gasteiger partial charge in [0.25, 0.3) is 0 Å². The molecule has 0 bridgehead atoms. The molecule has 1 N–H and O–H groups in total. The van der Waals surface area contributed by atoms with Crippen molar-refractivity contribution >= 4 is 0 Å². The lowest BCUT2D eigenvalue weighted by Crippen LogP contribution is -2.59. The van der Waals surface area contributed by atoms with E-state index in [0.29, 0.717) is 13.1 Å². The minimum absolute atomic E-state index is 0.0301. The third kappa shape index (κ3) is 3.93. The van der Waals surface area contributed by atoms with E-state index in [1.54, 1.807) is 0 Å². The van der Waals surface area contributed by atoms with Crippen molar-refractivity contribution in [2.75, 3.05) is 26.3 Å². The van der Waals surface area contributed by atoms with Gasteiger partial charge in [-0.05, 0) is 6.92 Å². The minimum Gasteiger partial charge on any atom is -0.370 e. The first kappa shape index (κ1) is 10.7. The Morgan fingerprint density at radius 3 is 2.31 bits per heavy atom. The normalized spacial score (nSPS) is 21.2. The van der Waals surface area contributed by atoms with Gasteiger partial charge in [0.1, 0.15) is 0 Å². The van der Waals surface area contributed by atoms with Gasteiger partial charge in [-0.25, -0.2) is 0 Å². The fraction of sp³-hybridized carbons (Fsp3) is 1.00. The quantitative estimate of drug-likeness (QED) is 0.682. The molecule has 0 amide bonds. The van der Waals surface area contributed by atoms with Crippen molar-refractivity contribution in [3.05, 3.63) is 0 Å². The molecule has 0 aliphatic carbocycles. The Kier molecular flexibility index (Phi) is 3.15. The van der Waals surface area contributed by atoms with Crippen molar-refractivity contribution < 1.29 is 22.6 Å². The highest BCUT2D eigenvalue weighted by Gasteiger charge is 2.33. The lowest BCUT2D eigenvalue weighted by molar-refractivity contribution is -0.328. The molecule has 1 aliphatic rings. The standard InChI is InChI=1S/C7H12F3NO2/c1-6(4-11-5-6)12-2-3-13-7(8,9)10/h11H,2-5H2,1H3. The Morgan fingerprint density at radius 2 is 1.92 bits per heavy atom. The molecule has 0 aromatic carbocycles. The smallest absolute Gasteiger partial charge is 0.370 e. The molecule has 1 saturated heterocycles. The zero-order valence-corrected chi connectivity index (χ0v) is 7.28. The molecule has 1 aliphatic heterocycles. The topological polar surface area (TPSA) is 30.5 Å². The highest BCUT2D eigenvalue weighted by Crippen LogP contribution is 2.17. The van der Waals surface area contributed by atoms with E-state index in [0.717, 1.165) is 0 Å². The van der Waals surface area contributed by atoms with Crippen molar-refractivity contribution in [3.8, 4) is 0 Å². The van der Waals surface area contributed by atoms with Gasteiger partial charge >= 0.3 is 6.36 Å². The maximum atomic E-state index is 11.5. The fourth-order valence-corrected chi connectivity index (χ4v) is 1.02. The van der Waals surface area contributed by atoms with E-state index in [2.05, 4.69) is 10.1 Å². The molecule has 1 fully saturated rings. The summed E-state index contributed by atoms with van der Waals surface area (Å²) in [6.07, 6.45) is -4.55. The molecule has 1 heterocycles. The maximum Gasteiger partial charge on any atom is 0.522 e. The van der Waals surface area contributed by atoms with Crippen LogP contribution in [-0.2, 0) is 9.47 Å². The zero-order valence-electron chi connectivity index (χ0n) is 7.28. The number of halogens is 3. The molecule has 0 atom stereocenters. The molecule has 0 radical (unpaired) electrons. The zero-order chi connectivity index (χ0) is 9.95. The Balaban J connectivity index is 2.01. The Labute approximate surface area is 74.2 Å². The Morgan fingerprint density at radius 1 is 1.31 bits per heavy atom. The van der Waals surface area contributed by atoms with Crippen LogP contribution in [-0.4, -0.2) is 38.3 Å². The van der Waals surface area contributed by atoms with Crippen molar-refractivity contribution in [1.29, 1.82) is 0 Å². The Bertz CT molecular complexity index is 168. The largest absolute Gasteiger partial charge is 0.522 e. The van der Waals surface area contributed by atoms with Crippen LogP contribution in [0.25, 0.3) is 0 Å². The predicted molar refractivity (Wildman–Crippen MR) is 39.2 cm³/mol. The van der Waals surface area contributed by atoms with Crippen LogP contribution in [0.2, 0.25) is 0 Å². The molecule has 0 spiro atoms. The summed E-state index contributed by atoms with van der Waals surface area (Å²) in [5, 5.41) is 2.97. The molecule has 0 aromatic rings. The van der Waals surface area contributed by atoms with Crippen LogP contribution < -0.4 is 5.32 Å². The lowest BCUT2D eigenvalue weighted by atomic mass is 10.0. The van der Waals surface area contributed by atoms with Crippen LogP contribution in [0.1, 0.15) is 6.92 Å². The van der Waals surface area contributed by atoms with E-state index >= 15 is 0 Å². The van der Waals surface area contributed by atoms with E-state index in [4.69, 9.17) is 4.74 Å². The van der Waals surface area contributed by atoms with Crippen LogP contribution in [0, 0.1) is 0 Å². The van der Waals surface area contributed by atoms with Gasteiger partial charge in [0, 0.05) is 13.1 Å². The monoisotopic (exact) mass is 199 g/mol. The van der Waals surface area contributed by atoms with Crippen LogP contribution in [0.15, 0.2) is 0 Å². The van der Waals surface area contributed by atoms with Crippen LogP contribution in [0.4, 0.5) is 13.2 Å². The second kappa shape index (κ2) is 3.81. The molecule has 6 heteroatoms. The molecule has 1 rings (SSSR count). The summed E-state index contributed by atoms with van der Waals surface area (Å²) in [5.74, 6) is 0. The van der Waals surface area contributed by atoms with E-state index in [1.165, 1.54) is 0 Å². The van der Waals surface area contributed by atoms with Crippen molar-refractivity contribution in [3.63, 3.8) is 0 Å². The van der Waals surface area contributed by atoms with Gasteiger partial charge in [-0.3, -0.25) is 4.74 Å². The van der Waals surface area contributed by atoms with Crippen molar-refractivity contribution in [2.45, 2.75) is 18.9 Å². The molecule has 3 nitrogen and oxygen atoms in total. The summed E-state index contributed by atoms with van der Waals surface area (Å²) >= 11 is 0. The second-order valence-corrected chi connectivity index (χ2v) is 3.20. The Hall–Kier alpha value is -0.330. The number of rotatable bonds is 4. The number of nitrogens with one attached hydrogen (secondary N) is 1. The van der Waals surface area contributed by atoms with Crippen molar-refractivity contribution in [1.82, 2.24) is 5.32 Å². The van der Waals surface area contributed by atoms with Gasteiger partial charge in [0.15, 0.2) is 0 Å². The van der Waals surface area contributed by atoms with Crippen LogP contribution >= 0.6 is 0 Å². The summed E-state index contributed by atoms with van der Waals surface area (Å²) < 4.78 is 43.2. The van der Waals surface area contributed by atoms with Crippen LogP contribution in [0.3, 0.4) is 0 Å². The third-order valence-electron chi connectivity index (χ3n) is 1.80. The summed E-state index contributed by atoms with van der Waals surface area (Å²) in [6, 6.07) is 0. The summed E-state index contributed by atoms with van der Waals surface area (Å²) in [5.41, 5.74) is -0.311. The first-order chi connectivity index (χ1) is 5.91. The van der Waals surface area contributed by atoms with Gasteiger partial charge in [0.05, 0.1) is 18.8 Å². The second-order valence-electron chi connectivity index (χ2n) is 3.20. The SMILES string of the molecule is CC1(OCCOC(F)(F)F)CNC1. The molecule has 0 saturated carbocycles. The first-order valence-corrected chi connectivity index (χ1v) is 3.97. The third-order valence-corrected chi connectivity index (χ3v) is 1.80. The van der Waals surface area contributed by atoms with E-state index < -0.39 is 13.0 Å². The number of hydrogen-bond donors (Lipinski definition) is 1. The predicted octanol–water partition coefficient (Wildman–Crippen LogP) is 0.901. The maximum absolute atomic E-state index is 11.5. The van der Waals surface area contributed by atoms with Crippen molar-refractivity contribution in [2.24, 2.45) is 0 Å². The summed E-state index contributed by atoms with van der Waals surface area (Å²) in [6.45, 7) is 2.73. The molecule has 78 valence electrons. The van der Waals surface area contributed by atoms with Gasteiger partial charge in [0.2, 0.25) is 0 Å². The molecule has 0 unspecified atom stereocenters. The molecular formula is C7H12F3NO2. The van der Waals surface area contributed by atoms with E-state index in [1.807, 2.05) is 6.92 Å². The van der Waals surface area contributed by atoms with Crippen LogP contribution in [0.5, 0.6) is 0 Å². The highest BCUT2D eigenvalue weighted by atomic mass is 19.4. The lowest BCUT2D eigenvalue weighted by Gasteiger charge is -2.39. The van der Waals surface area contributed by atoms with E-state index in [-0.39, 0.29) is 12.2 Å². The minimum atomic E-state index is -4.55. The van der Waals surface area contributed by atoms with Gasteiger partial charge in [-0.15, -0.1) is 13.2 Å². The van der Waals surface area contributed by atoms with Gasteiger partial charge in [-0.2, -0.15) is 0 Å².